The molecule has 0 fully saturated rings. The van der Waals surface area contributed by atoms with Crippen molar-refractivity contribution in [1.29, 1.82) is 5.26 Å². The van der Waals surface area contributed by atoms with Gasteiger partial charge in [0.25, 0.3) is 5.91 Å². The maximum atomic E-state index is 13.2. The van der Waals surface area contributed by atoms with Crippen LogP contribution in [0.3, 0.4) is 0 Å². The highest BCUT2D eigenvalue weighted by Gasteiger charge is 2.55. The first kappa shape index (κ1) is 16.6. The molecule has 0 aliphatic heterocycles. The number of aromatic nitrogens is 1. The molecule has 2 aromatic rings. The summed E-state index contributed by atoms with van der Waals surface area (Å²) in [6.07, 6.45) is -3.72. The molecule has 0 aliphatic rings. The van der Waals surface area contributed by atoms with E-state index in [1.807, 2.05) is 5.32 Å². The molecule has 3 N–H and O–H groups in total. The SMILES string of the molecule is N#Cc1c[nH]c(C(=O)NC[C@@](O)(c2ccccc2)C(F)(F)F)c1. The van der Waals surface area contributed by atoms with Gasteiger partial charge in [-0.25, -0.2) is 0 Å². The van der Waals surface area contributed by atoms with E-state index in [-0.39, 0.29) is 16.8 Å². The van der Waals surface area contributed by atoms with E-state index in [2.05, 4.69) is 4.98 Å². The Morgan fingerprint density at radius 1 is 1.30 bits per heavy atom. The number of carbonyl (C=O) groups excluding carboxylic acids is 1. The van der Waals surface area contributed by atoms with Gasteiger partial charge >= 0.3 is 6.18 Å². The number of amides is 1. The number of hydrogen-bond donors (Lipinski definition) is 3. The number of aromatic amines is 1. The van der Waals surface area contributed by atoms with Crippen LogP contribution in [0.4, 0.5) is 13.2 Å². The van der Waals surface area contributed by atoms with Crippen molar-refractivity contribution in [3.8, 4) is 6.07 Å². The summed E-state index contributed by atoms with van der Waals surface area (Å²) in [6, 6.07) is 9.47. The number of benzene rings is 1. The molecule has 0 saturated carbocycles. The molecule has 1 aromatic heterocycles. The highest BCUT2D eigenvalue weighted by atomic mass is 19.4. The zero-order valence-electron chi connectivity index (χ0n) is 11.7. The summed E-state index contributed by atoms with van der Waals surface area (Å²) in [5, 5.41) is 20.8. The fraction of sp³-hybridized carbons (Fsp3) is 0.200. The van der Waals surface area contributed by atoms with E-state index in [0.717, 1.165) is 12.1 Å². The highest BCUT2D eigenvalue weighted by Crippen LogP contribution is 2.38. The number of H-pyrrole nitrogens is 1. The van der Waals surface area contributed by atoms with Gasteiger partial charge in [-0.3, -0.25) is 4.79 Å². The van der Waals surface area contributed by atoms with Gasteiger partial charge in [0, 0.05) is 6.20 Å². The minimum Gasteiger partial charge on any atom is -0.375 e. The number of nitriles is 1. The van der Waals surface area contributed by atoms with Gasteiger partial charge in [-0.1, -0.05) is 30.3 Å². The van der Waals surface area contributed by atoms with Gasteiger partial charge in [0.2, 0.25) is 5.60 Å². The second-order valence-electron chi connectivity index (χ2n) is 4.82. The quantitative estimate of drug-likeness (QED) is 0.805. The standard InChI is InChI=1S/C15H12F3N3O2/c16-15(17,18)14(23,11-4-2-1-3-5-11)9-21-13(22)12-6-10(7-19)8-20-12/h1-6,8,20,23H,9H2,(H,21,22)/t14-/m1/s1. The number of carbonyl (C=O) groups is 1. The third-order valence-electron chi connectivity index (χ3n) is 3.28. The minimum absolute atomic E-state index is 0.0702. The number of rotatable bonds is 4. The van der Waals surface area contributed by atoms with Crippen molar-refractivity contribution in [2.75, 3.05) is 6.54 Å². The van der Waals surface area contributed by atoms with Crippen LogP contribution in [0, 0.1) is 11.3 Å². The zero-order chi connectivity index (χ0) is 17.1. The Morgan fingerprint density at radius 3 is 2.48 bits per heavy atom. The van der Waals surface area contributed by atoms with Crippen molar-refractivity contribution in [3.05, 3.63) is 59.4 Å². The summed E-state index contributed by atoms with van der Waals surface area (Å²) in [7, 11) is 0. The molecule has 1 amide bonds. The maximum absolute atomic E-state index is 13.2. The largest absolute Gasteiger partial charge is 0.423 e. The molecule has 23 heavy (non-hydrogen) atoms. The topological polar surface area (TPSA) is 88.9 Å². The van der Waals surface area contributed by atoms with E-state index < -0.39 is 24.2 Å². The van der Waals surface area contributed by atoms with Crippen LogP contribution in [0.5, 0.6) is 0 Å². The van der Waals surface area contributed by atoms with Gasteiger partial charge in [-0.2, -0.15) is 18.4 Å². The molecule has 0 radical (unpaired) electrons. The Kier molecular flexibility index (Phi) is 4.43. The van der Waals surface area contributed by atoms with E-state index in [4.69, 9.17) is 5.26 Å². The van der Waals surface area contributed by atoms with Crippen LogP contribution in [-0.4, -0.2) is 28.7 Å². The van der Waals surface area contributed by atoms with Crippen LogP contribution in [0.1, 0.15) is 21.6 Å². The lowest BCUT2D eigenvalue weighted by molar-refractivity contribution is -0.263. The van der Waals surface area contributed by atoms with E-state index in [1.54, 1.807) is 6.07 Å². The first-order chi connectivity index (χ1) is 10.8. The molecule has 0 aliphatic carbocycles. The van der Waals surface area contributed by atoms with Crippen LogP contribution in [0.25, 0.3) is 0 Å². The monoisotopic (exact) mass is 323 g/mol. The molecule has 5 nitrogen and oxygen atoms in total. The number of hydrogen-bond acceptors (Lipinski definition) is 3. The molecule has 0 bridgehead atoms. The molecule has 1 aromatic carbocycles. The van der Waals surface area contributed by atoms with Crippen LogP contribution >= 0.6 is 0 Å². The number of nitrogens with one attached hydrogen (secondary N) is 2. The summed E-state index contributed by atoms with van der Waals surface area (Å²) < 4.78 is 39.7. The normalized spacial score (nSPS) is 13.9. The molecule has 0 unspecified atom stereocenters. The Balaban J connectivity index is 2.20. The van der Waals surface area contributed by atoms with Crippen LogP contribution < -0.4 is 5.32 Å². The predicted octanol–water partition coefficient (Wildman–Crippen LogP) is 2.07. The maximum Gasteiger partial charge on any atom is 0.423 e. The third-order valence-corrected chi connectivity index (χ3v) is 3.28. The average molecular weight is 323 g/mol. The van der Waals surface area contributed by atoms with Gasteiger partial charge < -0.3 is 15.4 Å². The molecule has 1 heterocycles. The van der Waals surface area contributed by atoms with Crippen molar-refractivity contribution in [2.45, 2.75) is 11.8 Å². The van der Waals surface area contributed by atoms with Crippen LogP contribution in [0.2, 0.25) is 0 Å². The van der Waals surface area contributed by atoms with E-state index in [0.29, 0.717) is 0 Å². The summed E-state index contributed by atoms with van der Waals surface area (Å²) in [4.78, 5) is 14.3. The lowest BCUT2D eigenvalue weighted by atomic mass is 9.93. The Bertz CT molecular complexity index is 734. The minimum atomic E-state index is -4.98. The predicted molar refractivity (Wildman–Crippen MR) is 74.2 cm³/mol. The molecule has 2 rings (SSSR count). The van der Waals surface area contributed by atoms with Crippen molar-refractivity contribution >= 4 is 5.91 Å². The van der Waals surface area contributed by atoms with Gasteiger partial charge in [-0.15, -0.1) is 0 Å². The molecule has 0 saturated heterocycles. The molecular formula is C15H12F3N3O2. The summed E-state index contributed by atoms with van der Waals surface area (Å²) in [5.41, 5.74) is -3.49. The second kappa shape index (κ2) is 6.14. The fourth-order valence-electron chi connectivity index (χ4n) is 1.97. The van der Waals surface area contributed by atoms with Gasteiger partial charge in [0.1, 0.15) is 11.8 Å². The first-order valence-electron chi connectivity index (χ1n) is 6.49. The van der Waals surface area contributed by atoms with Crippen molar-refractivity contribution in [1.82, 2.24) is 10.3 Å². The highest BCUT2D eigenvalue weighted by molar-refractivity contribution is 5.92. The number of alkyl halides is 3. The van der Waals surface area contributed by atoms with Crippen molar-refractivity contribution < 1.29 is 23.1 Å². The van der Waals surface area contributed by atoms with E-state index in [1.165, 1.54) is 30.5 Å². The fourth-order valence-corrected chi connectivity index (χ4v) is 1.97. The van der Waals surface area contributed by atoms with Crippen LogP contribution in [0.15, 0.2) is 42.6 Å². The van der Waals surface area contributed by atoms with Gasteiger partial charge in [0.15, 0.2) is 0 Å². The molecule has 0 spiro atoms. The lowest BCUT2D eigenvalue weighted by Gasteiger charge is -2.31. The molecule has 120 valence electrons. The Morgan fingerprint density at radius 2 is 1.96 bits per heavy atom. The summed E-state index contributed by atoms with van der Waals surface area (Å²) in [6.45, 7) is -1.06. The van der Waals surface area contributed by atoms with Gasteiger partial charge in [-0.05, 0) is 11.6 Å². The van der Waals surface area contributed by atoms with Crippen molar-refractivity contribution in [2.24, 2.45) is 0 Å². The molecule has 1 atom stereocenters. The molecule has 8 heteroatoms. The second-order valence-corrected chi connectivity index (χ2v) is 4.82. The Hall–Kier alpha value is -2.79. The van der Waals surface area contributed by atoms with Crippen molar-refractivity contribution in [3.63, 3.8) is 0 Å². The summed E-state index contributed by atoms with van der Waals surface area (Å²) in [5.74, 6) is -0.856. The Labute approximate surface area is 129 Å². The zero-order valence-corrected chi connectivity index (χ0v) is 11.7. The third kappa shape index (κ3) is 3.35. The molecular weight excluding hydrogens is 311 g/mol. The summed E-state index contributed by atoms with van der Waals surface area (Å²) >= 11 is 0. The smallest absolute Gasteiger partial charge is 0.375 e. The van der Waals surface area contributed by atoms with Gasteiger partial charge in [0.05, 0.1) is 12.1 Å². The lowest BCUT2D eigenvalue weighted by Crippen LogP contribution is -2.51. The first-order valence-corrected chi connectivity index (χ1v) is 6.49. The van der Waals surface area contributed by atoms with E-state index in [9.17, 15) is 23.1 Å². The average Bonchev–Trinajstić information content (AvgIpc) is 3.01. The number of aliphatic hydroxyl groups is 1. The number of halogens is 3. The van der Waals surface area contributed by atoms with E-state index >= 15 is 0 Å². The number of nitrogens with zero attached hydrogens (tertiary/aromatic N) is 1. The van der Waals surface area contributed by atoms with Crippen LogP contribution in [-0.2, 0) is 5.60 Å².